The molecule has 1 fully saturated rings. The van der Waals surface area contributed by atoms with Gasteiger partial charge in [-0.25, -0.2) is 0 Å². The number of phenolic OH excluding ortho intramolecular Hbond substituents is 1. The Morgan fingerprint density at radius 3 is 2.19 bits per heavy atom. The summed E-state index contributed by atoms with van der Waals surface area (Å²) in [6.07, 6.45) is -1.41. The molecule has 2 aromatic rings. The van der Waals surface area contributed by atoms with Crippen molar-refractivity contribution in [3.05, 3.63) is 65.7 Å². The quantitative estimate of drug-likeness (QED) is 0.310. The molecule has 0 radical (unpaired) electrons. The van der Waals surface area contributed by atoms with Crippen molar-refractivity contribution in [1.82, 2.24) is 10.6 Å². The molecule has 192 valence electrons. The van der Waals surface area contributed by atoms with Crippen LogP contribution >= 0.6 is 0 Å². The number of amides is 3. The molecule has 1 aliphatic heterocycles. The van der Waals surface area contributed by atoms with Crippen LogP contribution in [0.5, 0.6) is 5.75 Å². The molecule has 9 nitrogen and oxygen atoms in total. The second-order valence-corrected chi connectivity index (χ2v) is 9.51. The van der Waals surface area contributed by atoms with Crippen LogP contribution in [0.1, 0.15) is 37.8 Å². The van der Waals surface area contributed by atoms with E-state index in [1.807, 2.05) is 44.2 Å². The van der Waals surface area contributed by atoms with E-state index in [1.165, 1.54) is 12.1 Å². The number of nitrogens with two attached hydrogens (primary N) is 1. The topological polar surface area (TPSA) is 151 Å². The van der Waals surface area contributed by atoms with Crippen LogP contribution in [0.25, 0.3) is 0 Å². The van der Waals surface area contributed by atoms with Gasteiger partial charge < -0.3 is 26.2 Å². The normalized spacial score (nSPS) is 18.2. The summed E-state index contributed by atoms with van der Waals surface area (Å²) in [6, 6.07) is 14.9. The highest BCUT2D eigenvalue weighted by atomic mass is 16.6. The van der Waals surface area contributed by atoms with Crippen molar-refractivity contribution in [2.45, 2.75) is 57.9 Å². The summed E-state index contributed by atoms with van der Waals surface area (Å²) >= 11 is 0. The number of hydrogen-bond acceptors (Lipinski definition) is 6. The molecule has 4 atom stereocenters. The monoisotopic (exact) mass is 495 g/mol. The predicted octanol–water partition coefficient (Wildman–Crippen LogP) is 1.61. The maximum Gasteiger partial charge on any atom is 0.253 e. The van der Waals surface area contributed by atoms with Crippen molar-refractivity contribution in [3.63, 3.8) is 0 Å². The van der Waals surface area contributed by atoms with Gasteiger partial charge in [0, 0.05) is 18.9 Å². The number of Topliss-reactive ketones (excluding diaryl/α,β-unsaturated/α-hetero) is 1. The minimum absolute atomic E-state index is 0.0912. The first-order valence-electron chi connectivity index (χ1n) is 12.0. The van der Waals surface area contributed by atoms with Crippen LogP contribution < -0.4 is 16.4 Å². The molecule has 0 spiro atoms. The molecule has 9 heteroatoms. The summed E-state index contributed by atoms with van der Waals surface area (Å²) in [5.74, 6) is -2.44. The molecule has 1 aliphatic rings. The van der Waals surface area contributed by atoms with Gasteiger partial charge >= 0.3 is 0 Å². The first-order chi connectivity index (χ1) is 17.1. The number of hydrogen-bond donors (Lipinski definition) is 4. The van der Waals surface area contributed by atoms with Crippen LogP contribution in [0.3, 0.4) is 0 Å². The fourth-order valence-corrected chi connectivity index (χ4v) is 3.97. The number of nitrogens with one attached hydrogen (secondary N) is 2. The van der Waals surface area contributed by atoms with E-state index in [0.29, 0.717) is 13.0 Å². The number of benzene rings is 2. The van der Waals surface area contributed by atoms with Gasteiger partial charge in [0.15, 0.2) is 18.0 Å². The molecule has 1 heterocycles. The highest BCUT2D eigenvalue weighted by molar-refractivity contribution is 5.98. The lowest BCUT2D eigenvalue weighted by Gasteiger charge is -2.21. The minimum Gasteiger partial charge on any atom is -0.508 e. The molecule has 5 N–H and O–H groups in total. The Bertz CT molecular complexity index is 1070. The molecule has 3 rings (SSSR count). The first kappa shape index (κ1) is 26.9. The third-order valence-corrected chi connectivity index (χ3v) is 6.00. The fraction of sp³-hybridized carbons (Fsp3) is 0.407. The van der Waals surface area contributed by atoms with Gasteiger partial charge in [0.25, 0.3) is 11.8 Å². The molecular formula is C27H33N3O6. The lowest BCUT2D eigenvalue weighted by Crippen LogP contribution is -2.46. The smallest absolute Gasteiger partial charge is 0.253 e. The van der Waals surface area contributed by atoms with E-state index < -0.39 is 41.9 Å². The summed E-state index contributed by atoms with van der Waals surface area (Å²) in [5, 5.41) is 14.9. The number of primary amides is 1. The molecule has 0 unspecified atom stereocenters. The predicted molar refractivity (Wildman–Crippen MR) is 132 cm³/mol. The molecule has 0 bridgehead atoms. The van der Waals surface area contributed by atoms with Crippen molar-refractivity contribution < 1.29 is 29.0 Å². The maximum absolute atomic E-state index is 13.1. The van der Waals surface area contributed by atoms with Crippen molar-refractivity contribution in [1.29, 1.82) is 0 Å². The molecule has 0 aromatic heterocycles. The SMILES string of the molecule is CC(C)C[C@H](NC(=O)[C@@H]1O[C@H]1C(=O)NCc1ccccc1)C(=O)C[C@@H](Cc1ccc(O)cc1)C(N)=O. The Balaban J connectivity index is 1.56. The second kappa shape index (κ2) is 12.3. The number of carbonyl (C=O) groups excluding carboxylic acids is 4. The zero-order chi connectivity index (χ0) is 26.2. The lowest BCUT2D eigenvalue weighted by molar-refractivity contribution is -0.131. The van der Waals surface area contributed by atoms with E-state index in [1.54, 1.807) is 12.1 Å². The molecule has 36 heavy (non-hydrogen) atoms. The number of phenols is 1. The van der Waals surface area contributed by atoms with Gasteiger partial charge in [0.2, 0.25) is 5.91 Å². The van der Waals surface area contributed by atoms with E-state index in [4.69, 9.17) is 10.5 Å². The Hall–Kier alpha value is -3.72. The number of carbonyl (C=O) groups is 4. The average Bonchev–Trinajstić information content (AvgIpc) is 3.64. The van der Waals surface area contributed by atoms with E-state index in [9.17, 15) is 24.3 Å². The standard InChI is InChI=1S/C27H33N3O6/c1-16(2)12-21(22(32)14-19(25(28)33)13-17-8-10-20(31)11-9-17)30-27(35)24-23(36-24)26(34)29-15-18-6-4-3-5-7-18/h3-11,16,19,21,23-24,31H,12-15H2,1-2H3,(H2,28,33)(H,29,34)(H,30,35)/t19-,21+,23-,24-/m1/s1. The summed E-state index contributed by atoms with van der Waals surface area (Å²) in [5.41, 5.74) is 7.23. The number of ketones is 1. The van der Waals surface area contributed by atoms with Crippen LogP contribution in [0.15, 0.2) is 54.6 Å². The van der Waals surface area contributed by atoms with E-state index in [0.717, 1.165) is 11.1 Å². The Kier molecular flexibility index (Phi) is 9.19. The van der Waals surface area contributed by atoms with Crippen molar-refractivity contribution in [2.75, 3.05) is 0 Å². The van der Waals surface area contributed by atoms with Gasteiger partial charge in [-0.3, -0.25) is 19.2 Å². The fourth-order valence-electron chi connectivity index (χ4n) is 3.97. The second-order valence-electron chi connectivity index (χ2n) is 9.51. The molecule has 0 aliphatic carbocycles. The number of epoxide rings is 1. The summed E-state index contributed by atoms with van der Waals surface area (Å²) in [4.78, 5) is 50.3. The molecule has 0 saturated carbocycles. The van der Waals surface area contributed by atoms with E-state index in [2.05, 4.69) is 10.6 Å². The third-order valence-electron chi connectivity index (χ3n) is 6.00. The van der Waals surface area contributed by atoms with Crippen LogP contribution in [0.4, 0.5) is 0 Å². The van der Waals surface area contributed by atoms with Crippen molar-refractivity contribution in [2.24, 2.45) is 17.6 Å². The minimum atomic E-state index is -0.966. The largest absolute Gasteiger partial charge is 0.508 e. The van der Waals surface area contributed by atoms with Crippen molar-refractivity contribution >= 4 is 23.5 Å². The number of rotatable bonds is 13. The van der Waals surface area contributed by atoms with Crippen LogP contribution in [0.2, 0.25) is 0 Å². The van der Waals surface area contributed by atoms with Crippen LogP contribution in [-0.4, -0.2) is 46.9 Å². The zero-order valence-corrected chi connectivity index (χ0v) is 20.5. The Labute approximate surface area is 210 Å². The molecule has 1 saturated heterocycles. The molecular weight excluding hydrogens is 462 g/mol. The van der Waals surface area contributed by atoms with E-state index >= 15 is 0 Å². The molecule has 3 amide bonds. The molecule has 2 aromatic carbocycles. The van der Waals surface area contributed by atoms with Gasteiger partial charge in [-0.2, -0.15) is 0 Å². The summed E-state index contributed by atoms with van der Waals surface area (Å²) in [7, 11) is 0. The van der Waals surface area contributed by atoms with Crippen molar-refractivity contribution in [3.8, 4) is 5.75 Å². The van der Waals surface area contributed by atoms with Gasteiger partial charge in [-0.1, -0.05) is 56.3 Å². The first-order valence-corrected chi connectivity index (χ1v) is 12.0. The zero-order valence-electron chi connectivity index (χ0n) is 20.5. The number of aromatic hydroxyl groups is 1. The van der Waals surface area contributed by atoms with Crippen LogP contribution in [0, 0.1) is 11.8 Å². The Morgan fingerprint density at radius 2 is 1.58 bits per heavy atom. The van der Waals surface area contributed by atoms with E-state index in [-0.39, 0.29) is 30.3 Å². The summed E-state index contributed by atoms with van der Waals surface area (Å²) < 4.78 is 5.29. The van der Waals surface area contributed by atoms with Gasteiger partial charge in [0.1, 0.15) is 5.75 Å². The lowest BCUT2D eigenvalue weighted by atomic mass is 9.89. The van der Waals surface area contributed by atoms with Crippen LogP contribution in [-0.2, 0) is 36.9 Å². The third kappa shape index (κ3) is 7.91. The Morgan fingerprint density at radius 1 is 0.944 bits per heavy atom. The highest BCUT2D eigenvalue weighted by Crippen LogP contribution is 2.24. The average molecular weight is 496 g/mol. The van der Waals surface area contributed by atoms with Gasteiger partial charge in [-0.15, -0.1) is 0 Å². The maximum atomic E-state index is 13.1. The highest BCUT2D eigenvalue weighted by Gasteiger charge is 2.50. The number of ether oxygens (including phenoxy) is 1. The summed E-state index contributed by atoms with van der Waals surface area (Å²) in [6.45, 7) is 4.15. The van der Waals surface area contributed by atoms with Gasteiger partial charge in [0.05, 0.1) is 6.04 Å². The van der Waals surface area contributed by atoms with Gasteiger partial charge in [-0.05, 0) is 42.0 Å².